The lowest BCUT2D eigenvalue weighted by molar-refractivity contribution is -0.136. The molecule has 2 aromatic rings. The number of ketones is 1. The van der Waals surface area contributed by atoms with Gasteiger partial charge in [-0.1, -0.05) is 17.7 Å². The lowest BCUT2D eigenvalue weighted by Gasteiger charge is -2.16. The first-order valence-electron chi connectivity index (χ1n) is 8.23. The zero-order chi connectivity index (χ0) is 20.0. The Bertz CT molecular complexity index is 854. The molecule has 0 saturated carbocycles. The molecule has 1 aromatic carbocycles. The van der Waals surface area contributed by atoms with Gasteiger partial charge in [0.15, 0.2) is 12.4 Å². The number of anilines is 1. The van der Waals surface area contributed by atoms with Crippen molar-refractivity contribution >= 4 is 29.3 Å². The predicted molar refractivity (Wildman–Crippen MR) is 98.5 cm³/mol. The molecule has 0 unspecified atom stereocenters. The molecule has 1 heterocycles. The molecule has 0 aliphatic rings. The highest BCUT2D eigenvalue weighted by molar-refractivity contribution is 5.98. The average molecular weight is 371 g/mol. The Morgan fingerprint density at radius 1 is 1.15 bits per heavy atom. The number of hydrogen-bond donors (Lipinski definition) is 2. The molecule has 2 amide bonds. The summed E-state index contributed by atoms with van der Waals surface area (Å²) in [7, 11) is 1.44. The second-order valence-electron chi connectivity index (χ2n) is 6.10. The van der Waals surface area contributed by atoms with Crippen LogP contribution in [0.15, 0.2) is 36.5 Å². The van der Waals surface area contributed by atoms with Crippen LogP contribution in [0.5, 0.6) is 0 Å². The Balaban J connectivity index is 1.80. The van der Waals surface area contributed by atoms with Gasteiger partial charge in [-0.3, -0.25) is 14.4 Å². The second-order valence-corrected chi connectivity index (χ2v) is 6.10. The van der Waals surface area contributed by atoms with Crippen molar-refractivity contribution in [2.45, 2.75) is 13.8 Å². The van der Waals surface area contributed by atoms with Gasteiger partial charge in [-0.15, -0.1) is 0 Å². The number of nitrogens with zero attached hydrogens (tertiary/aromatic N) is 1. The van der Waals surface area contributed by atoms with E-state index in [9.17, 15) is 19.2 Å². The van der Waals surface area contributed by atoms with Crippen LogP contribution in [0.1, 0.15) is 33.3 Å². The molecule has 8 nitrogen and oxygen atoms in total. The maximum Gasteiger partial charge on any atom is 0.355 e. The third-order valence-corrected chi connectivity index (χ3v) is 3.78. The van der Waals surface area contributed by atoms with E-state index in [0.717, 1.165) is 10.5 Å². The van der Waals surface area contributed by atoms with Gasteiger partial charge in [0.05, 0.1) is 6.54 Å². The number of rotatable bonds is 7. The lowest BCUT2D eigenvalue weighted by Crippen LogP contribution is -2.37. The molecule has 0 fully saturated rings. The van der Waals surface area contributed by atoms with Crippen molar-refractivity contribution in [3.05, 3.63) is 53.3 Å². The van der Waals surface area contributed by atoms with Crippen LogP contribution >= 0.6 is 0 Å². The number of benzene rings is 1. The molecular formula is C19H21N3O5. The monoisotopic (exact) mass is 371 g/mol. The number of Topliss-reactive ketones (excluding diaryl/α,β-unsaturated/α-hetero) is 1. The highest BCUT2D eigenvalue weighted by Crippen LogP contribution is 2.09. The number of hydrogen-bond acceptors (Lipinski definition) is 5. The minimum Gasteiger partial charge on any atom is -0.451 e. The van der Waals surface area contributed by atoms with Crippen LogP contribution in [0.25, 0.3) is 0 Å². The van der Waals surface area contributed by atoms with Gasteiger partial charge in [0.2, 0.25) is 5.91 Å². The number of carbonyl (C=O) groups is 4. The summed E-state index contributed by atoms with van der Waals surface area (Å²) in [6, 6.07) is 8.61. The Hall–Kier alpha value is -3.42. The Morgan fingerprint density at radius 2 is 1.81 bits per heavy atom. The van der Waals surface area contributed by atoms with Crippen LogP contribution in [0.2, 0.25) is 0 Å². The first-order chi connectivity index (χ1) is 12.8. The predicted octanol–water partition coefficient (Wildman–Crippen LogP) is 1.78. The summed E-state index contributed by atoms with van der Waals surface area (Å²) >= 11 is 0. The van der Waals surface area contributed by atoms with Crippen LogP contribution in [-0.2, 0) is 14.3 Å². The topological polar surface area (TPSA) is 109 Å². The van der Waals surface area contributed by atoms with E-state index < -0.39 is 18.5 Å². The van der Waals surface area contributed by atoms with Gasteiger partial charge in [0.1, 0.15) is 5.69 Å². The highest BCUT2D eigenvalue weighted by atomic mass is 16.5. The van der Waals surface area contributed by atoms with Gasteiger partial charge in [-0.2, -0.15) is 0 Å². The number of ether oxygens (including phenoxy) is 1. The molecule has 0 atom stereocenters. The summed E-state index contributed by atoms with van der Waals surface area (Å²) in [6.45, 7) is 2.62. The molecule has 0 spiro atoms. The molecule has 142 valence electrons. The fourth-order valence-electron chi connectivity index (χ4n) is 2.17. The third-order valence-electron chi connectivity index (χ3n) is 3.78. The van der Waals surface area contributed by atoms with Gasteiger partial charge < -0.3 is 19.9 Å². The Morgan fingerprint density at radius 3 is 2.41 bits per heavy atom. The van der Waals surface area contributed by atoms with E-state index in [2.05, 4.69) is 10.3 Å². The van der Waals surface area contributed by atoms with Gasteiger partial charge in [0, 0.05) is 24.5 Å². The lowest BCUT2D eigenvalue weighted by atomic mass is 10.2. The Labute approximate surface area is 156 Å². The summed E-state index contributed by atoms with van der Waals surface area (Å²) < 4.78 is 4.91. The van der Waals surface area contributed by atoms with E-state index in [1.54, 1.807) is 12.1 Å². The van der Waals surface area contributed by atoms with Crippen molar-refractivity contribution in [1.29, 1.82) is 0 Å². The smallest absolute Gasteiger partial charge is 0.355 e. The number of aromatic nitrogens is 1. The molecular weight excluding hydrogens is 350 g/mol. The Kier molecular flexibility index (Phi) is 6.48. The number of nitrogens with one attached hydrogen (secondary N) is 2. The molecule has 0 bridgehead atoms. The van der Waals surface area contributed by atoms with Crippen molar-refractivity contribution in [3.63, 3.8) is 0 Å². The summed E-state index contributed by atoms with van der Waals surface area (Å²) in [6.07, 6.45) is 1.39. The SMILES string of the molecule is CC(=O)c1c[nH]c(C(=O)OCC(=O)N(C)CC(=O)Nc2ccc(C)cc2)c1. The quantitative estimate of drug-likeness (QED) is 0.570. The van der Waals surface area contributed by atoms with Crippen molar-refractivity contribution in [1.82, 2.24) is 9.88 Å². The summed E-state index contributed by atoms with van der Waals surface area (Å²) in [5.74, 6) is -1.84. The maximum atomic E-state index is 12.0. The largest absolute Gasteiger partial charge is 0.451 e. The van der Waals surface area contributed by atoms with Crippen molar-refractivity contribution < 1.29 is 23.9 Å². The van der Waals surface area contributed by atoms with Crippen molar-refractivity contribution in [2.75, 3.05) is 25.5 Å². The zero-order valence-corrected chi connectivity index (χ0v) is 15.4. The number of likely N-dealkylation sites (N-methyl/N-ethyl adjacent to an activating group) is 1. The number of aryl methyl sites for hydroxylation is 1. The molecule has 8 heteroatoms. The summed E-state index contributed by atoms with van der Waals surface area (Å²) in [5, 5.41) is 2.68. The molecule has 2 N–H and O–H groups in total. The first kappa shape index (κ1) is 19.9. The van der Waals surface area contributed by atoms with Gasteiger partial charge in [0.25, 0.3) is 5.91 Å². The normalized spacial score (nSPS) is 10.2. The van der Waals surface area contributed by atoms with Crippen molar-refractivity contribution in [3.8, 4) is 0 Å². The third kappa shape index (κ3) is 5.81. The maximum absolute atomic E-state index is 12.0. The van der Waals surface area contributed by atoms with E-state index in [1.165, 1.54) is 26.2 Å². The highest BCUT2D eigenvalue weighted by Gasteiger charge is 2.17. The standard InChI is InChI=1S/C19H21N3O5/c1-12-4-6-15(7-5-12)21-17(24)10-22(3)18(25)11-27-19(26)16-8-14(9-20-16)13(2)23/h4-9,20H,10-11H2,1-3H3,(H,21,24). The average Bonchev–Trinajstić information content (AvgIpc) is 3.11. The van der Waals surface area contributed by atoms with Crippen LogP contribution < -0.4 is 5.32 Å². The number of esters is 1. The van der Waals surface area contributed by atoms with Crippen LogP contribution in [0.3, 0.4) is 0 Å². The van der Waals surface area contributed by atoms with Crippen LogP contribution in [0.4, 0.5) is 5.69 Å². The first-order valence-corrected chi connectivity index (χ1v) is 8.23. The summed E-state index contributed by atoms with van der Waals surface area (Å²) in [4.78, 5) is 50.9. The van der Waals surface area contributed by atoms with E-state index in [0.29, 0.717) is 11.3 Å². The molecule has 0 aliphatic carbocycles. The minimum atomic E-state index is -0.756. The number of carbonyl (C=O) groups excluding carboxylic acids is 4. The molecule has 0 aliphatic heterocycles. The number of amides is 2. The van der Waals surface area contributed by atoms with Gasteiger partial charge in [-0.25, -0.2) is 4.79 Å². The zero-order valence-electron chi connectivity index (χ0n) is 15.4. The van der Waals surface area contributed by atoms with Crippen LogP contribution in [0, 0.1) is 6.92 Å². The van der Waals surface area contributed by atoms with E-state index >= 15 is 0 Å². The number of H-pyrrole nitrogens is 1. The molecule has 1 aromatic heterocycles. The molecule has 0 radical (unpaired) electrons. The molecule has 2 rings (SSSR count). The van der Waals surface area contributed by atoms with E-state index in [4.69, 9.17) is 4.74 Å². The number of aromatic amines is 1. The van der Waals surface area contributed by atoms with Crippen molar-refractivity contribution in [2.24, 2.45) is 0 Å². The minimum absolute atomic E-state index is 0.0766. The fraction of sp³-hybridized carbons (Fsp3) is 0.263. The fourth-order valence-corrected chi connectivity index (χ4v) is 2.17. The van der Waals surface area contributed by atoms with E-state index in [-0.39, 0.29) is 23.9 Å². The molecule has 0 saturated heterocycles. The van der Waals surface area contributed by atoms with Gasteiger partial charge in [-0.05, 0) is 32.0 Å². The second kappa shape index (κ2) is 8.79. The van der Waals surface area contributed by atoms with E-state index in [1.807, 2.05) is 19.1 Å². The van der Waals surface area contributed by atoms with Crippen LogP contribution in [-0.4, -0.2) is 53.7 Å². The summed E-state index contributed by atoms with van der Waals surface area (Å²) in [5.41, 5.74) is 2.12. The molecule has 27 heavy (non-hydrogen) atoms. The van der Waals surface area contributed by atoms with Gasteiger partial charge >= 0.3 is 5.97 Å².